The van der Waals surface area contributed by atoms with Crippen molar-refractivity contribution in [3.05, 3.63) is 0 Å². The molecule has 2 amide bonds. The molecule has 2 N–H and O–H groups in total. The number of aliphatic carboxylic acids is 1. The molecule has 1 aliphatic rings. The Morgan fingerprint density at radius 3 is 2.56 bits per heavy atom. The molecule has 6 heteroatoms. The lowest BCUT2D eigenvalue weighted by Gasteiger charge is -2.24. The standard InChI is InChI=1S/C10H16N2O4/c1-6(11-7(2)13)9(14)12-5-3-4-8(12)10(15)16/h6,8H,3-5H2,1-2H3,(H,11,13)(H,15,16)/t6-,8-/m0/s1. The smallest absolute Gasteiger partial charge is 0.326 e. The summed E-state index contributed by atoms with van der Waals surface area (Å²) >= 11 is 0. The van der Waals surface area contributed by atoms with Crippen molar-refractivity contribution in [1.82, 2.24) is 10.2 Å². The Kier molecular flexibility index (Phi) is 3.87. The highest BCUT2D eigenvalue weighted by Gasteiger charge is 2.35. The minimum atomic E-state index is -0.985. The van der Waals surface area contributed by atoms with Crippen LogP contribution in [-0.2, 0) is 14.4 Å². The Hall–Kier alpha value is -1.59. The molecule has 0 bridgehead atoms. The molecule has 1 saturated heterocycles. The summed E-state index contributed by atoms with van der Waals surface area (Å²) in [5, 5.41) is 11.4. The fraction of sp³-hybridized carbons (Fsp3) is 0.700. The third kappa shape index (κ3) is 2.71. The van der Waals surface area contributed by atoms with Crippen LogP contribution in [0.1, 0.15) is 26.7 Å². The molecule has 1 aliphatic heterocycles. The number of carbonyl (C=O) groups is 3. The van der Waals surface area contributed by atoms with Gasteiger partial charge in [0.2, 0.25) is 11.8 Å². The van der Waals surface area contributed by atoms with Gasteiger partial charge in [-0.1, -0.05) is 0 Å². The van der Waals surface area contributed by atoms with Crippen molar-refractivity contribution < 1.29 is 19.5 Å². The van der Waals surface area contributed by atoms with Crippen LogP contribution in [-0.4, -0.2) is 46.4 Å². The quantitative estimate of drug-likeness (QED) is 0.687. The third-order valence-electron chi connectivity index (χ3n) is 2.61. The lowest BCUT2D eigenvalue weighted by atomic mass is 10.2. The Balaban J connectivity index is 2.65. The normalized spacial score (nSPS) is 21.6. The van der Waals surface area contributed by atoms with Crippen molar-refractivity contribution in [2.75, 3.05) is 6.54 Å². The summed E-state index contributed by atoms with van der Waals surface area (Å²) in [6, 6.07) is -1.42. The van der Waals surface area contributed by atoms with E-state index in [0.717, 1.165) is 0 Å². The molecule has 0 spiro atoms. The number of carboxylic acids is 1. The van der Waals surface area contributed by atoms with E-state index < -0.39 is 18.1 Å². The molecule has 0 aliphatic carbocycles. The van der Waals surface area contributed by atoms with Gasteiger partial charge in [-0.2, -0.15) is 0 Å². The zero-order valence-corrected chi connectivity index (χ0v) is 9.40. The van der Waals surface area contributed by atoms with Crippen LogP contribution < -0.4 is 5.32 Å². The highest BCUT2D eigenvalue weighted by molar-refractivity contribution is 5.90. The van der Waals surface area contributed by atoms with Gasteiger partial charge in [0.05, 0.1) is 0 Å². The number of rotatable bonds is 3. The number of nitrogens with zero attached hydrogens (tertiary/aromatic N) is 1. The number of hydrogen-bond donors (Lipinski definition) is 2. The minimum Gasteiger partial charge on any atom is -0.480 e. The van der Waals surface area contributed by atoms with Crippen LogP contribution in [0.3, 0.4) is 0 Å². The van der Waals surface area contributed by atoms with Crippen LogP contribution in [0.2, 0.25) is 0 Å². The number of likely N-dealkylation sites (tertiary alicyclic amines) is 1. The summed E-state index contributed by atoms with van der Waals surface area (Å²) in [6.45, 7) is 3.32. The van der Waals surface area contributed by atoms with E-state index in [2.05, 4.69) is 5.32 Å². The molecule has 0 unspecified atom stereocenters. The van der Waals surface area contributed by atoms with E-state index in [9.17, 15) is 14.4 Å². The Morgan fingerprint density at radius 1 is 1.44 bits per heavy atom. The number of nitrogens with one attached hydrogen (secondary N) is 1. The van der Waals surface area contributed by atoms with Crippen LogP contribution in [0.4, 0.5) is 0 Å². The Morgan fingerprint density at radius 2 is 2.06 bits per heavy atom. The summed E-state index contributed by atoms with van der Waals surface area (Å²) in [7, 11) is 0. The van der Waals surface area contributed by atoms with Crippen molar-refractivity contribution in [1.29, 1.82) is 0 Å². The van der Waals surface area contributed by atoms with Crippen LogP contribution in [0.5, 0.6) is 0 Å². The molecule has 6 nitrogen and oxygen atoms in total. The summed E-state index contributed by atoms with van der Waals surface area (Å²) in [4.78, 5) is 34.8. The maximum atomic E-state index is 11.8. The first-order valence-electron chi connectivity index (χ1n) is 5.24. The number of amides is 2. The second kappa shape index (κ2) is 4.96. The second-order valence-corrected chi connectivity index (χ2v) is 3.95. The zero-order chi connectivity index (χ0) is 12.3. The van der Waals surface area contributed by atoms with Gasteiger partial charge in [-0.25, -0.2) is 4.79 Å². The van der Waals surface area contributed by atoms with Crippen LogP contribution in [0, 0.1) is 0 Å². The summed E-state index contributed by atoms with van der Waals surface area (Å²) in [5.41, 5.74) is 0. The van der Waals surface area contributed by atoms with E-state index in [-0.39, 0.29) is 11.8 Å². The first-order valence-corrected chi connectivity index (χ1v) is 5.24. The summed E-state index contributed by atoms with van der Waals surface area (Å²) in [6.07, 6.45) is 1.17. The first kappa shape index (κ1) is 12.5. The van der Waals surface area contributed by atoms with E-state index in [0.29, 0.717) is 19.4 Å². The van der Waals surface area contributed by atoms with Crippen LogP contribution in [0.15, 0.2) is 0 Å². The van der Waals surface area contributed by atoms with Gasteiger partial charge >= 0.3 is 5.97 Å². The largest absolute Gasteiger partial charge is 0.480 e. The molecule has 0 aromatic rings. The van der Waals surface area contributed by atoms with E-state index in [1.54, 1.807) is 6.92 Å². The zero-order valence-electron chi connectivity index (χ0n) is 9.40. The Bertz CT molecular complexity index is 316. The molecule has 0 saturated carbocycles. The molecule has 16 heavy (non-hydrogen) atoms. The molecular weight excluding hydrogens is 212 g/mol. The van der Waals surface area contributed by atoms with Gasteiger partial charge in [0.1, 0.15) is 12.1 Å². The van der Waals surface area contributed by atoms with Gasteiger partial charge < -0.3 is 15.3 Å². The molecule has 0 radical (unpaired) electrons. The first-order chi connectivity index (χ1) is 7.43. The van der Waals surface area contributed by atoms with Crippen LogP contribution >= 0.6 is 0 Å². The molecular formula is C10H16N2O4. The third-order valence-corrected chi connectivity index (χ3v) is 2.61. The van der Waals surface area contributed by atoms with Gasteiger partial charge in [-0.15, -0.1) is 0 Å². The summed E-state index contributed by atoms with van der Waals surface area (Å²) in [5.74, 6) is -1.62. The van der Waals surface area contributed by atoms with E-state index in [1.165, 1.54) is 11.8 Å². The van der Waals surface area contributed by atoms with Crippen molar-refractivity contribution in [2.45, 2.75) is 38.8 Å². The molecule has 0 aromatic carbocycles. The van der Waals surface area contributed by atoms with Crippen LogP contribution in [0.25, 0.3) is 0 Å². The molecule has 2 atom stereocenters. The molecule has 1 fully saturated rings. The fourth-order valence-corrected chi connectivity index (χ4v) is 1.90. The lowest BCUT2D eigenvalue weighted by molar-refractivity contribution is -0.149. The highest BCUT2D eigenvalue weighted by atomic mass is 16.4. The lowest BCUT2D eigenvalue weighted by Crippen LogP contribution is -2.50. The van der Waals surface area contributed by atoms with Crippen molar-refractivity contribution in [3.8, 4) is 0 Å². The van der Waals surface area contributed by atoms with Gasteiger partial charge in [0.25, 0.3) is 0 Å². The average molecular weight is 228 g/mol. The highest BCUT2D eigenvalue weighted by Crippen LogP contribution is 2.18. The average Bonchev–Trinajstić information content (AvgIpc) is 2.63. The topological polar surface area (TPSA) is 86.7 Å². The maximum absolute atomic E-state index is 11.8. The SMILES string of the molecule is CC(=O)N[C@@H](C)C(=O)N1CCC[C@H]1C(=O)O. The predicted octanol–water partition coefficient (Wildman–Crippen LogP) is -0.413. The fourth-order valence-electron chi connectivity index (χ4n) is 1.90. The van der Waals surface area contributed by atoms with Gasteiger partial charge in [0.15, 0.2) is 0 Å². The van der Waals surface area contributed by atoms with E-state index in [1.807, 2.05) is 0 Å². The molecule has 90 valence electrons. The van der Waals surface area contributed by atoms with E-state index in [4.69, 9.17) is 5.11 Å². The number of carboxylic acid groups (broad SMARTS) is 1. The number of carbonyl (C=O) groups excluding carboxylic acids is 2. The maximum Gasteiger partial charge on any atom is 0.326 e. The molecule has 0 aromatic heterocycles. The molecule has 1 rings (SSSR count). The minimum absolute atomic E-state index is 0.299. The van der Waals surface area contributed by atoms with Crippen molar-refractivity contribution in [3.63, 3.8) is 0 Å². The van der Waals surface area contributed by atoms with Gasteiger partial charge in [0, 0.05) is 13.5 Å². The Labute approximate surface area is 93.6 Å². The monoisotopic (exact) mass is 228 g/mol. The van der Waals surface area contributed by atoms with Gasteiger partial charge in [-0.05, 0) is 19.8 Å². The van der Waals surface area contributed by atoms with E-state index >= 15 is 0 Å². The summed E-state index contributed by atoms with van der Waals surface area (Å²) < 4.78 is 0. The van der Waals surface area contributed by atoms with Gasteiger partial charge in [-0.3, -0.25) is 9.59 Å². The second-order valence-electron chi connectivity index (χ2n) is 3.95. The van der Waals surface area contributed by atoms with Crippen molar-refractivity contribution >= 4 is 17.8 Å². The molecule has 1 heterocycles. The van der Waals surface area contributed by atoms with Crippen molar-refractivity contribution in [2.24, 2.45) is 0 Å². The number of hydrogen-bond acceptors (Lipinski definition) is 3. The predicted molar refractivity (Wildman–Crippen MR) is 55.6 cm³/mol.